The topological polar surface area (TPSA) is 61.4 Å². The number of likely N-dealkylation sites (tertiary alicyclic amines) is 1. The summed E-state index contributed by atoms with van der Waals surface area (Å²) in [5.41, 5.74) is 1.08. The van der Waals surface area contributed by atoms with Gasteiger partial charge >= 0.3 is 6.03 Å². The molecular weight excluding hydrogens is 290 g/mol. The summed E-state index contributed by atoms with van der Waals surface area (Å²) < 4.78 is 0. The van der Waals surface area contributed by atoms with Crippen LogP contribution in [0.15, 0.2) is 30.3 Å². The molecule has 126 valence electrons. The monoisotopic (exact) mass is 317 g/mol. The standard InChI is InChI=1S/C18H27N3O2/c1-15(16-9-4-2-5-10-16)20-18(23)19-12-8-14-21-13-7-3-6-11-17(21)22/h2,4-5,9-10,15H,3,6-8,11-14H2,1H3,(H2,19,20,23). The number of amides is 3. The maximum atomic E-state index is 11.9. The lowest BCUT2D eigenvalue weighted by atomic mass is 10.1. The molecule has 1 atom stereocenters. The maximum absolute atomic E-state index is 11.9. The van der Waals surface area contributed by atoms with Crippen LogP contribution in [0.3, 0.4) is 0 Å². The van der Waals surface area contributed by atoms with Crippen LogP contribution in [0.5, 0.6) is 0 Å². The molecule has 0 spiro atoms. The number of carbonyl (C=O) groups excluding carboxylic acids is 2. The van der Waals surface area contributed by atoms with Crippen LogP contribution in [0.4, 0.5) is 4.79 Å². The van der Waals surface area contributed by atoms with Gasteiger partial charge < -0.3 is 15.5 Å². The molecule has 0 bridgehead atoms. The van der Waals surface area contributed by atoms with Crippen molar-refractivity contribution in [3.8, 4) is 0 Å². The van der Waals surface area contributed by atoms with Crippen LogP contribution >= 0.6 is 0 Å². The highest BCUT2D eigenvalue weighted by atomic mass is 16.2. The van der Waals surface area contributed by atoms with E-state index in [2.05, 4.69) is 10.6 Å². The largest absolute Gasteiger partial charge is 0.343 e. The van der Waals surface area contributed by atoms with E-state index in [4.69, 9.17) is 0 Å². The quantitative estimate of drug-likeness (QED) is 0.793. The zero-order chi connectivity index (χ0) is 16.5. The van der Waals surface area contributed by atoms with E-state index < -0.39 is 0 Å². The fourth-order valence-corrected chi connectivity index (χ4v) is 2.82. The van der Waals surface area contributed by atoms with Crippen LogP contribution in [-0.2, 0) is 4.79 Å². The van der Waals surface area contributed by atoms with Gasteiger partial charge in [-0.1, -0.05) is 36.8 Å². The zero-order valence-electron chi connectivity index (χ0n) is 13.9. The minimum absolute atomic E-state index is 0.0246. The van der Waals surface area contributed by atoms with Crippen LogP contribution in [0, 0.1) is 0 Å². The van der Waals surface area contributed by atoms with Gasteiger partial charge in [-0.3, -0.25) is 4.79 Å². The van der Waals surface area contributed by atoms with Gasteiger partial charge in [-0.15, -0.1) is 0 Å². The third kappa shape index (κ3) is 5.93. The Morgan fingerprint density at radius 2 is 2.00 bits per heavy atom. The van der Waals surface area contributed by atoms with Crippen molar-refractivity contribution in [1.29, 1.82) is 0 Å². The molecule has 1 fully saturated rings. The lowest BCUT2D eigenvalue weighted by molar-refractivity contribution is -0.130. The van der Waals surface area contributed by atoms with E-state index in [1.165, 1.54) is 0 Å². The summed E-state index contributed by atoms with van der Waals surface area (Å²) in [7, 11) is 0. The summed E-state index contributed by atoms with van der Waals surface area (Å²) >= 11 is 0. The third-order valence-electron chi connectivity index (χ3n) is 4.21. The Morgan fingerprint density at radius 3 is 2.78 bits per heavy atom. The summed E-state index contributed by atoms with van der Waals surface area (Å²) in [6.07, 6.45) is 4.70. The Bertz CT molecular complexity index is 504. The predicted octanol–water partition coefficient (Wildman–Crippen LogP) is 2.84. The molecule has 1 aliphatic heterocycles. The summed E-state index contributed by atoms with van der Waals surface area (Å²) in [6.45, 7) is 4.13. The normalized spacial score (nSPS) is 16.6. The number of hydrogen-bond donors (Lipinski definition) is 2. The first-order valence-electron chi connectivity index (χ1n) is 8.54. The number of urea groups is 1. The summed E-state index contributed by atoms with van der Waals surface area (Å²) in [5, 5.41) is 5.79. The molecule has 5 heteroatoms. The molecule has 0 aliphatic carbocycles. The van der Waals surface area contributed by atoms with E-state index in [9.17, 15) is 9.59 Å². The molecule has 1 aromatic rings. The summed E-state index contributed by atoms with van der Waals surface area (Å²) in [5.74, 6) is 0.254. The molecular formula is C18H27N3O2. The fraction of sp³-hybridized carbons (Fsp3) is 0.556. The first-order valence-corrected chi connectivity index (χ1v) is 8.54. The van der Waals surface area contributed by atoms with Gasteiger partial charge in [-0.2, -0.15) is 0 Å². The third-order valence-corrected chi connectivity index (χ3v) is 4.21. The highest BCUT2D eigenvalue weighted by Gasteiger charge is 2.15. The molecule has 2 N–H and O–H groups in total. The number of carbonyl (C=O) groups is 2. The van der Waals surface area contributed by atoms with Gasteiger partial charge in [0.05, 0.1) is 6.04 Å². The Balaban J connectivity index is 1.64. The average molecular weight is 317 g/mol. The van der Waals surface area contributed by atoms with Crippen molar-refractivity contribution in [3.63, 3.8) is 0 Å². The van der Waals surface area contributed by atoms with Crippen molar-refractivity contribution in [2.75, 3.05) is 19.6 Å². The van der Waals surface area contributed by atoms with Gasteiger partial charge in [-0.05, 0) is 31.7 Å². The highest BCUT2D eigenvalue weighted by molar-refractivity contribution is 5.76. The van der Waals surface area contributed by atoms with Gasteiger partial charge in [0.2, 0.25) is 5.91 Å². The van der Waals surface area contributed by atoms with E-state index in [0.717, 1.165) is 44.3 Å². The van der Waals surface area contributed by atoms with Crippen molar-refractivity contribution < 1.29 is 9.59 Å². The van der Waals surface area contributed by atoms with Gasteiger partial charge in [0.15, 0.2) is 0 Å². The van der Waals surface area contributed by atoms with Crippen LogP contribution in [0.25, 0.3) is 0 Å². The van der Waals surface area contributed by atoms with E-state index >= 15 is 0 Å². The van der Waals surface area contributed by atoms with Gasteiger partial charge in [-0.25, -0.2) is 4.79 Å². The minimum atomic E-state index is -0.163. The summed E-state index contributed by atoms with van der Waals surface area (Å²) in [4.78, 5) is 25.7. The molecule has 1 unspecified atom stereocenters. The minimum Gasteiger partial charge on any atom is -0.343 e. The fourth-order valence-electron chi connectivity index (χ4n) is 2.82. The van der Waals surface area contributed by atoms with Crippen LogP contribution in [0.1, 0.15) is 50.6 Å². The lowest BCUT2D eigenvalue weighted by Crippen LogP contribution is -2.39. The maximum Gasteiger partial charge on any atom is 0.315 e. The zero-order valence-corrected chi connectivity index (χ0v) is 13.9. The van der Waals surface area contributed by atoms with Crippen molar-refractivity contribution >= 4 is 11.9 Å². The van der Waals surface area contributed by atoms with Crippen LogP contribution < -0.4 is 10.6 Å². The predicted molar refractivity (Wildman–Crippen MR) is 91.1 cm³/mol. The highest BCUT2D eigenvalue weighted by Crippen LogP contribution is 2.12. The first kappa shape index (κ1) is 17.3. The van der Waals surface area contributed by atoms with Crippen molar-refractivity contribution in [2.24, 2.45) is 0 Å². The Hall–Kier alpha value is -2.04. The van der Waals surface area contributed by atoms with E-state index in [1.54, 1.807) is 0 Å². The van der Waals surface area contributed by atoms with Crippen LogP contribution in [-0.4, -0.2) is 36.5 Å². The second kappa shape index (κ2) is 9.18. The Morgan fingerprint density at radius 1 is 1.22 bits per heavy atom. The van der Waals surface area contributed by atoms with Crippen molar-refractivity contribution in [1.82, 2.24) is 15.5 Å². The van der Waals surface area contributed by atoms with Crippen molar-refractivity contribution in [2.45, 2.75) is 45.1 Å². The molecule has 2 rings (SSSR count). The molecule has 3 amide bonds. The number of nitrogens with one attached hydrogen (secondary N) is 2. The number of nitrogens with zero attached hydrogens (tertiary/aromatic N) is 1. The summed E-state index contributed by atoms with van der Waals surface area (Å²) in [6, 6.07) is 9.69. The van der Waals surface area contributed by atoms with E-state index in [0.29, 0.717) is 13.0 Å². The molecule has 0 aromatic heterocycles. The second-order valence-corrected chi connectivity index (χ2v) is 6.08. The Labute approximate surface area is 138 Å². The molecule has 1 heterocycles. The van der Waals surface area contributed by atoms with Gasteiger partial charge in [0.25, 0.3) is 0 Å². The molecule has 1 aliphatic rings. The van der Waals surface area contributed by atoms with Gasteiger partial charge in [0, 0.05) is 26.1 Å². The lowest BCUT2D eigenvalue weighted by Gasteiger charge is -2.20. The van der Waals surface area contributed by atoms with Crippen LogP contribution in [0.2, 0.25) is 0 Å². The SMILES string of the molecule is CC(NC(=O)NCCCN1CCCCCC1=O)c1ccccc1. The molecule has 0 saturated carbocycles. The smallest absolute Gasteiger partial charge is 0.315 e. The molecule has 1 saturated heterocycles. The average Bonchev–Trinajstić information content (AvgIpc) is 2.77. The number of benzene rings is 1. The first-order chi connectivity index (χ1) is 11.2. The number of hydrogen-bond acceptors (Lipinski definition) is 2. The van der Waals surface area contributed by atoms with Gasteiger partial charge in [0.1, 0.15) is 0 Å². The number of rotatable bonds is 6. The molecule has 23 heavy (non-hydrogen) atoms. The second-order valence-electron chi connectivity index (χ2n) is 6.08. The Kier molecular flexibility index (Phi) is 6.91. The van der Waals surface area contributed by atoms with E-state index in [1.807, 2.05) is 42.2 Å². The van der Waals surface area contributed by atoms with Crippen molar-refractivity contribution in [3.05, 3.63) is 35.9 Å². The van der Waals surface area contributed by atoms with E-state index in [-0.39, 0.29) is 18.0 Å². The molecule has 1 aromatic carbocycles. The molecule has 0 radical (unpaired) electrons. The molecule has 5 nitrogen and oxygen atoms in total.